The molecule has 82 valence electrons. The zero-order chi connectivity index (χ0) is 11.9. The van der Waals surface area contributed by atoms with E-state index in [1.165, 1.54) is 0 Å². The molecule has 0 saturated heterocycles. The lowest BCUT2D eigenvalue weighted by molar-refractivity contribution is -0.385. The van der Waals surface area contributed by atoms with E-state index >= 15 is 0 Å². The van der Waals surface area contributed by atoms with Crippen molar-refractivity contribution in [2.24, 2.45) is 0 Å². The van der Waals surface area contributed by atoms with Crippen molar-refractivity contribution in [3.8, 4) is 0 Å². The second-order valence-corrected chi connectivity index (χ2v) is 4.09. The quantitative estimate of drug-likeness (QED) is 0.577. The number of nitro groups is 1. The number of benzene rings is 1. The molecule has 2 aromatic rings. The molecule has 0 amide bonds. The Morgan fingerprint density at radius 1 is 1.38 bits per heavy atom. The fraction of sp³-hybridized carbons (Fsp3) is 0.100. The Balaban J connectivity index is 2.89. The average molecular weight is 257 g/mol. The summed E-state index contributed by atoms with van der Waals surface area (Å²) in [5.41, 5.74) is 0.682. The van der Waals surface area contributed by atoms with E-state index in [1.54, 1.807) is 25.1 Å². The first-order valence-corrected chi connectivity index (χ1v) is 5.16. The van der Waals surface area contributed by atoms with Crippen molar-refractivity contribution in [3.05, 3.63) is 44.1 Å². The first kappa shape index (κ1) is 11.1. The molecule has 2 rings (SSSR count). The van der Waals surface area contributed by atoms with Gasteiger partial charge in [0.15, 0.2) is 0 Å². The third-order valence-corrected chi connectivity index (χ3v) is 2.84. The highest BCUT2D eigenvalue weighted by molar-refractivity contribution is 6.38. The fourth-order valence-corrected chi connectivity index (χ4v) is 2.05. The number of fused-ring (bicyclic) bond motifs is 1. The van der Waals surface area contributed by atoms with Crippen LogP contribution in [-0.2, 0) is 0 Å². The Hall–Kier alpha value is -1.39. The van der Waals surface area contributed by atoms with Crippen LogP contribution < -0.4 is 0 Å². The zero-order valence-corrected chi connectivity index (χ0v) is 9.71. The lowest BCUT2D eigenvalue weighted by Gasteiger charge is -2.04. The first-order valence-electron chi connectivity index (χ1n) is 4.40. The summed E-state index contributed by atoms with van der Waals surface area (Å²) in [7, 11) is 0. The van der Waals surface area contributed by atoms with Crippen molar-refractivity contribution in [2.75, 3.05) is 0 Å². The predicted octanol–water partition coefficient (Wildman–Crippen LogP) is 3.76. The Morgan fingerprint density at radius 3 is 2.69 bits per heavy atom. The van der Waals surface area contributed by atoms with E-state index in [-0.39, 0.29) is 16.4 Å². The number of hydrogen-bond donors (Lipinski definition) is 0. The molecule has 0 radical (unpaired) electrons. The fourth-order valence-electron chi connectivity index (χ4n) is 1.52. The molecular weight excluding hydrogens is 251 g/mol. The van der Waals surface area contributed by atoms with Gasteiger partial charge in [-0.25, -0.2) is 4.98 Å². The average Bonchev–Trinajstić information content (AvgIpc) is 2.15. The summed E-state index contributed by atoms with van der Waals surface area (Å²) in [5.74, 6) is 0. The van der Waals surface area contributed by atoms with E-state index in [2.05, 4.69) is 4.98 Å². The summed E-state index contributed by atoms with van der Waals surface area (Å²) in [6.45, 7) is 1.55. The van der Waals surface area contributed by atoms with E-state index in [4.69, 9.17) is 23.2 Å². The van der Waals surface area contributed by atoms with E-state index in [0.717, 1.165) is 0 Å². The lowest BCUT2D eigenvalue weighted by atomic mass is 10.2. The molecule has 0 fully saturated rings. The van der Waals surface area contributed by atoms with Gasteiger partial charge in [0.2, 0.25) is 0 Å². The van der Waals surface area contributed by atoms with Crippen LogP contribution in [0, 0.1) is 17.0 Å². The van der Waals surface area contributed by atoms with Crippen LogP contribution in [0.1, 0.15) is 5.69 Å². The molecule has 0 aliphatic rings. The molecule has 4 nitrogen and oxygen atoms in total. The molecule has 0 bridgehead atoms. The van der Waals surface area contributed by atoms with Crippen LogP contribution in [0.5, 0.6) is 0 Å². The minimum absolute atomic E-state index is 0.101. The third-order valence-electron chi connectivity index (χ3n) is 2.22. The SMILES string of the molecule is Cc1nc2cc(Cl)ccc2c(Cl)c1[N+](=O)[O-]. The lowest BCUT2D eigenvalue weighted by Crippen LogP contribution is -1.96. The Morgan fingerprint density at radius 2 is 2.06 bits per heavy atom. The van der Waals surface area contributed by atoms with Crippen LogP contribution in [0.3, 0.4) is 0 Å². The minimum Gasteiger partial charge on any atom is -0.258 e. The van der Waals surface area contributed by atoms with Crippen molar-refractivity contribution in [1.82, 2.24) is 4.98 Å². The summed E-state index contributed by atoms with van der Waals surface area (Å²) >= 11 is 11.8. The second-order valence-electron chi connectivity index (χ2n) is 3.28. The van der Waals surface area contributed by atoms with Gasteiger partial charge in [0.1, 0.15) is 10.7 Å². The summed E-state index contributed by atoms with van der Waals surface area (Å²) < 4.78 is 0. The highest BCUT2D eigenvalue weighted by Crippen LogP contribution is 2.34. The van der Waals surface area contributed by atoms with Crippen LogP contribution in [-0.4, -0.2) is 9.91 Å². The van der Waals surface area contributed by atoms with Crippen molar-refractivity contribution in [3.63, 3.8) is 0 Å². The minimum atomic E-state index is -0.529. The number of aryl methyl sites for hydroxylation is 1. The van der Waals surface area contributed by atoms with E-state index in [0.29, 0.717) is 15.9 Å². The summed E-state index contributed by atoms with van der Waals surface area (Å²) in [5, 5.41) is 12.0. The molecule has 6 heteroatoms. The number of halogens is 2. The van der Waals surface area contributed by atoms with E-state index in [9.17, 15) is 10.1 Å². The molecule has 1 aromatic heterocycles. The molecule has 0 atom stereocenters. The van der Waals surface area contributed by atoms with Crippen LogP contribution in [0.4, 0.5) is 5.69 Å². The van der Waals surface area contributed by atoms with Crippen LogP contribution >= 0.6 is 23.2 Å². The van der Waals surface area contributed by atoms with Crippen LogP contribution in [0.2, 0.25) is 10.0 Å². The van der Waals surface area contributed by atoms with Gasteiger partial charge in [0, 0.05) is 10.4 Å². The van der Waals surface area contributed by atoms with Gasteiger partial charge >= 0.3 is 5.69 Å². The molecule has 0 N–H and O–H groups in total. The van der Waals surface area contributed by atoms with Crippen molar-refractivity contribution in [1.29, 1.82) is 0 Å². The topological polar surface area (TPSA) is 56.0 Å². The maximum atomic E-state index is 10.8. The maximum Gasteiger partial charge on any atom is 0.309 e. The van der Waals surface area contributed by atoms with Gasteiger partial charge in [-0.2, -0.15) is 0 Å². The highest BCUT2D eigenvalue weighted by Gasteiger charge is 2.20. The number of hydrogen-bond acceptors (Lipinski definition) is 3. The third kappa shape index (κ3) is 1.70. The summed E-state index contributed by atoms with van der Waals surface area (Å²) in [6.07, 6.45) is 0. The Kier molecular flexibility index (Phi) is 2.69. The molecule has 0 spiro atoms. The van der Waals surface area contributed by atoms with Crippen molar-refractivity contribution >= 4 is 39.8 Å². The van der Waals surface area contributed by atoms with Gasteiger partial charge in [0.25, 0.3) is 0 Å². The highest BCUT2D eigenvalue weighted by atomic mass is 35.5. The largest absolute Gasteiger partial charge is 0.309 e. The summed E-state index contributed by atoms with van der Waals surface area (Å²) in [6, 6.07) is 4.87. The monoisotopic (exact) mass is 256 g/mol. The van der Waals surface area contributed by atoms with Crippen molar-refractivity contribution in [2.45, 2.75) is 6.92 Å². The van der Waals surface area contributed by atoms with Crippen LogP contribution in [0.15, 0.2) is 18.2 Å². The van der Waals surface area contributed by atoms with Crippen molar-refractivity contribution < 1.29 is 4.92 Å². The van der Waals surface area contributed by atoms with Gasteiger partial charge in [-0.15, -0.1) is 0 Å². The van der Waals surface area contributed by atoms with Gasteiger partial charge < -0.3 is 0 Å². The smallest absolute Gasteiger partial charge is 0.258 e. The first-order chi connectivity index (χ1) is 7.50. The van der Waals surface area contributed by atoms with Gasteiger partial charge in [-0.05, 0) is 25.1 Å². The van der Waals surface area contributed by atoms with E-state index in [1.807, 2.05) is 0 Å². The zero-order valence-electron chi connectivity index (χ0n) is 8.20. The van der Waals surface area contributed by atoms with E-state index < -0.39 is 4.92 Å². The number of aromatic nitrogens is 1. The predicted molar refractivity (Wildman–Crippen MR) is 63.2 cm³/mol. The molecule has 0 aliphatic carbocycles. The number of nitrogens with zero attached hydrogens (tertiary/aromatic N) is 2. The molecule has 1 heterocycles. The molecule has 0 aliphatic heterocycles. The second kappa shape index (κ2) is 3.88. The molecule has 0 unspecified atom stereocenters. The molecule has 0 saturated carbocycles. The van der Waals surface area contributed by atoms with Gasteiger partial charge in [0.05, 0.1) is 10.4 Å². The molecule has 1 aromatic carbocycles. The Labute approximate surface area is 101 Å². The maximum absolute atomic E-state index is 10.8. The summed E-state index contributed by atoms with van der Waals surface area (Å²) in [4.78, 5) is 14.4. The standard InChI is InChI=1S/C10H6Cl2N2O2/c1-5-10(14(15)16)9(12)7-3-2-6(11)4-8(7)13-5/h2-4H,1H3. The Bertz CT molecular complexity index is 599. The number of rotatable bonds is 1. The molecular formula is C10H6Cl2N2O2. The molecule has 16 heavy (non-hydrogen) atoms. The van der Waals surface area contributed by atoms with Gasteiger partial charge in [-0.3, -0.25) is 10.1 Å². The van der Waals surface area contributed by atoms with Gasteiger partial charge in [-0.1, -0.05) is 23.2 Å². The number of pyridine rings is 1. The normalized spacial score (nSPS) is 10.7. The van der Waals surface area contributed by atoms with Crippen LogP contribution in [0.25, 0.3) is 10.9 Å².